The van der Waals surface area contributed by atoms with Gasteiger partial charge in [0.15, 0.2) is 5.82 Å². The van der Waals surface area contributed by atoms with Gasteiger partial charge >= 0.3 is 5.69 Å². The van der Waals surface area contributed by atoms with E-state index in [1.54, 1.807) is 18.2 Å². The van der Waals surface area contributed by atoms with Gasteiger partial charge in [0.05, 0.1) is 5.56 Å². The summed E-state index contributed by atoms with van der Waals surface area (Å²) in [5.74, 6) is -0.155. The van der Waals surface area contributed by atoms with Gasteiger partial charge in [0.1, 0.15) is 5.82 Å². The monoisotopic (exact) mass is 193 g/mol. The first-order valence-electron chi connectivity index (χ1n) is 4.06. The highest BCUT2D eigenvalue weighted by Gasteiger charge is 2.08. The van der Waals surface area contributed by atoms with E-state index in [0.717, 1.165) is 4.68 Å². The third-order valence-electron chi connectivity index (χ3n) is 1.90. The van der Waals surface area contributed by atoms with Gasteiger partial charge < -0.3 is 0 Å². The number of aromatic nitrogens is 3. The molecule has 0 aliphatic rings. The maximum atomic E-state index is 13.2. The quantitative estimate of drug-likeness (QED) is 0.732. The Hall–Kier alpha value is -1.91. The van der Waals surface area contributed by atoms with Crippen LogP contribution in [0.3, 0.4) is 0 Å². The fourth-order valence-corrected chi connectivity index (χ4v) is 1.18. The van der Waals surface area contributed by atoms with Gasteiger partial charge in [-0.3, -0.25) is 4.98 Å². The number of benzene rings is 1. The lowest BCUT2D eigenvalue weighted by Gasteiger charge is -1.96. The van der Waals surface area contributed by atoms with Crippen molar-refractivity contribution in [3.63, 3.8) is 0 Å². The lowest BCUT2D eigenvalue weighted by Crippen LogP contribution is -2.13. The minimum absolute atomic E-state index is 0.246. The first kappa shape index (κ1) is 8.68. The van der Waals surface area contributed by atoms with E-state index in [4.69, 9.17) is 0 Å². The van der Waals surface area contributed by atoms with E-state index in [2.05, 4.69) is 10.1 Å². The number of nitrogens with one attached hydrogen (secondary N) is 1. The van der Waals surface area contributed by atoms with E-state index in [1.165, 1.54) is 13.1 Å². The first-order chi connectivity index (χ1) is 6.68. The molecule has 72 valence electrons. The van der Waals surface area contributed by atoms with Crippen molar-refractivity contribution in [1.82, 2.24) is 14.8 Å². The summed E-state index contributed by atoms with van der Waals surface area (Å²) in [4.78, 5) is 13.5. The molecule has 2 rings (SSSR count). The molecule has 14 heavy (non-hydrogen) atoms. The van der Waals surface area contributed by atoms with Crippen LogP contribution in [0.15, 0.2) is 29.1 Å². The lowest BCUT2D eigenvalue weighted by molar-refractivity contribution is 0.629. The predicted octanol–water partition coefficient (Wildman–Crippen LogP) is 0.914. The molecule has 0 bridgehead atoms. The summed E-state index contributed by atoms with van der Waals surface area (Å²) in [7, 11) is 1.50. The van der Waals surface area contributed by atoms with Gasteiger partial charge in [0.2, 0.25) is 0 Å². The van der Waals surface area contributed by atoms with Crippen LogP contribution in [-0.4, -0.2) is 14.8 Å². The maximum absolute atomic E-state index is 13.2. The van der Waals surface area contributed by atoms with Crippen molar-refractivity contribution >= 4 is 0 Å². The van der Waals surface area contributed by atoms with E-state index < -0.39 is 5.82 Å². The Balaban J connectivity index is 2.60. The van der Waals surface area contributed by atoms with Gasteiger partial charge in [0.25, 0.3) is 0 Å². The van der Waals surface area contributed by atoms with E-state index in [-0.39, 0.29) is 11.5 Å². The Kier molecular flexibility index (Phi) is 1.92. The van der Waals surface area contributed by atoms with Crippen LogP contribution in [0.4, 0.5) is 4.39 Å². The molecule has 1 aromatic carbocycles. The van der Waals surface area contributed by atoms with Crippen LogP contribution in [0.25, 0.3) is 11.4 Å². The molecule has 0 saturated heterocycles. The molecule has 1 aromatic heterocycles. The number of rotatable bonds is 1. The van der Waals surface area contributed by atoms with Crippen LogP contribution in [0.5, 0.6) is 0 Å². The third-order valence-corrected chi connectivity index (χ3v) is 1.90. The fraction of sp³-hybridized carbons (Fsp3) is 0.111. The van der Waals surface area contributed by atoms with Crippen molar-refractivity contribution in [1.29, 1.82) is 0 Å². The fourth-order valence-electron chi connectivity index (χ4n) is 1.18. The largest absolute Gasteiger partial charge is 0.343 e. The molecule has 5 heteroatoms. The molecule has 0 aliphatic heterocycles. The second kappa shape index (κ2) is 3.10. The number of hydrogen-bond acceptors (Lipinski definition) is 2. The highest BCUT2D eigenvalue weighted by Crippen LogP contribution is 2.16. The standard InChI is InChI=1S/C9H8FN3O/c1-13-9(14)11-8(12-13)6-4-2-3-5-7(6)10/h2-5H,1H3,(H,11,12,14). The summed E-state index contributed by atoms with van der Waals surface area (Å²) in [6.45, 7) is 0. The number of halogens is 1. The molecule has 0 radical (unpaired) electrons. The molecule has 1 N–H and O–H groups in total. The number of hydrogen-bond donors (Lipinski definition) is 1. The van der Waals surface area contributed by atoms with Gasteiger partial charge in [-0.25, -0.2) is 13.9 Å². The van der Waals surface area contributed by atoms with E-state index in [0.29, 0.717) is 5.56 Å². The Morgan fingerprint density at radius 3 is 2.71 bits per heavy atom. The van der Waals surface area contributed by atoms with Crippen LogP contribution in [0, 0.1) is 5.82 Å². The zero-order valence-corrected chi connectivity index (χ0v) is 7.49. The van der Waals surface area contributed by atoms with Crippen molar-refractivity contribution in [3.05, 3.63) is 40.6 Å². The summed E-state index contributed by atoms with van der Waals surface area (Å²) in [6, 6.07) is 6.15. The highest BCUT2D eigenvalue weighted by molar-refractivity contribution is 5.54. The summed E-state index contributed by atoms with van der Waals surface area (Å²) >= 11 is 0. The van der Waals surface area contributed by atoms with Crippen molar-refractivity contribution in [3.8, 4) is 11.4 Å². The topological polar surface area (TPSA) is 50.7 Å². The molecular weight excluding hydrogens is 185 g/mol. The van der Waals surface area contributed by atoms with E-state index in [1.807, 2.05) is 0 Å². The van der Waals surface area contributed by atoms with Crippen molar-refractivity contribution in [2.24, 2.45) is 7.05 Å². The number of aromatic amines is 1. The molecule has 0 fully saturated rings. The van der Waals surface area contributed by atoms with Gasteiger partial charge in [0, 0.05) is 7.05 Å². The summed E-state index contributed by atoms with van der Waals surface area (Å²) in [5.41, 5.74) is -0.0616. The molecule has 1 heterocycles. The van der Waals surface area contributed by atoms with Crippen molar-refractivity contribution in [2.75, 3.05) is 0 Å². The summed E-state index contributed by atoms with van der Waals surface area (Å²) in [6.07, 6.45) is 0. The zero-order chi connectivity index (χ0) is 10.1. The molecule has 0 saturated carbocycles. The highest BCUT2D eigenvalue weighted by atomic mass is 19.1. The summed E-state index contributed by atoms with van der Waals surface area (Å²) in [5, 5.41) is 3.85. The van der Waals surface area contributed by atoms with Crippen LogP contribution < -0.4 is 5.69 Å². The number of H-pyrrole nitrogens is 1. The molecule has 0 amide bonds. The van der Waals surface area contributed by atoms with E-state index in [9.17, 15) is 9.18 Å². The molecule has 0 spiro atoms. The van der Waals surface area contributed by atoms with Crippen LogP contribution >= 0.6 is 0 Å². The zero-order valence-electron chi connectivity index (χ0n) is 7.49. The Morgan fingerprint density at radius 1 is 1.43 bits per heavy atom. The lowest BCUT2D eigenvalue weighted by atomic mass is 10.2. The van der Waals surface area contributed by atoms with Gasteiger partial charge in [-0.1, -0.05) is 12.1 Å². The second-order valence-corrected chi connectivity index (χ2v) is 2.88. The molecule has 0 unspecified atom stereocenters. The summed E-state index contributed by atoms with van der Waals surface area (Å²) < 4.78 is 14.4. The van der Waals surface area contributed by atoms with Crippen LogP contribution in [0.1, 0.15) is 0 Å². The normalized spacial score (nSPS) is 10.4. The molecular formula is C9H8FN3O. The Labute approximate surface area is 79.0 Å². The number of nitrogens with zero attached hydrogens (tertiary/aromatic N) is 2. The average molecular weight is 193 g/mol. The van der Waals surface area contributed by atoms with Crippen molar-refractivity contribution < 1.29 is 4.39 Å². The Morgan fingerprint density at radius 2 is 2.14 bits per heavy atom. The van der Waals surface area contributed by atoms with Crippen molar-refractivity contribution in [2.45, 2.75) is 0 Å². The number of aryl methyl sites for hydroxylation is 1. The molecule has 0 aliphatic carbocycles. The van der Waals surface area contributed by atoms with E-state index >= 15 is 0 Å². The van der Waals surface area contributed by atoms with Crippen LogP contribution in [0.2, 0.25) is 0 Å². The predicted molar refractivity (Wildman–Crippen MR) is 49.2 cm³/mol. The molecule has 4 nitrogen and oxygen atoms in total. The molecule has 0 atom stereocenters. The average Bonchev–Trinajstić information content (AvgIpc) is 2.48. The van der Waals surface area contributed by atoms with Gasteiger partial charge in [-0.2, -0.15) is 0 Å². The SMILES string of the molecule is Cn1nc(-c2ccccc2F)[nH]c1=O. The third kappa shape index (κ3) is 1.32. The van der Waals surface area contributed by atoms with Gasteiger partial charge in [-0.05, 0) is 12.1 Å². The second-order valence-electron chi connectivity index (χ2n) is 2.88. The molecule has 2 aromatic rings. The van der Waals surface area contributed by atoms with Crippen LogP contribution in [-0.2, 0) is 7.05 Å². The van der Waals surface area contributed by atoms with Gasteiger partial charge in [-0.15, -0.1) is 5.10 Å². The maximum Gasteiger partial charge on any atom is 0.343 e. The smallest absolute Gasteiger partial charge is 0.289 e. The minimum atomic E-state index is -0.401. The first-order valence-corrected chi connectivity index (χ1v) is 4.06. The minimum Gasteiger partial charge on any atom is -0.289 e. The Bertz CT molecular complexity index is 515.